The van der Waals surface area contributed by atoms with E-state index < -0.39 is 0 Å². The molecular formula is C20H27N5O. The van der Waals surface area contributed by atoms with Crippen LogP contribution in [-0.2, 0) is 0 Å². The van der Waals surface area contributed by atoms with Crippen molar-refractivity contribution in [3.8, 4) is 0 Å². The third-order valence-electron chi connectivity index (χ3n) is 4.75. The fraction of sp³-hybridized carbons (Fsp3) is 0.450. The molecule has 1 aliphatic rings. The summed E-state index contributed by atoms with van der Waals surface area (Å²) in [6.45, 7) is 0. The molecule has 1 aliphatic carbocycles. The number of rotatable bonds is 5. The Labute approximate surface area is 155 Å². The van der Waals surface area contributed by atoms with E-state index in [4.69, 9.17) is 0 Å². The number of nitrogens with zero attached hydrogens (tertiary/aromatic N) is 3. The predicted molar refractivity (Wildman–Crippen MR) is 106 cm³/mol. The maximum absolute atomic E-state index is 12.3. The Hall–Kier alpha value is -2.63. The second-order valence-corrected chi connectivity index (χ2v) is 7.03. The summed E-state index contributed by atoms with van der Waals surface area (Å²) in [5.41, 5.74) is 2.13. The van der Waals surface area contributed by atoms with Crippen molar-refractivity contribution in [3.05, 3.63) is 42.1 Å². The molecular weight excluding hydrogens is 326 g/mol. The third-order valence-corrected chi connectivity index (χ3v) is 4.75. The Morgan fingerprint density at radius 1 is 0.962 bits per heavy atom. The van der Waals surface area contributed by atoms with Crippen molar-refractivity contribution in [1.82, 2.24) is 10.2 Å². The Kier molecular flexibility index (Phi) is 6.04. The first-order chi connectivity index (χ1) is 12.6. The summed E-state index contributed by atoms with van der Waals surface area (Å²) in [6, 6.07) is 11.7. The van der Waals surface area contributed by atoms with Crippen molar-refractivity contribution in [2.45, 2.75) is 44.6 Å². The lowest BCUT2D eigenvalue weighted by molar-refractivity contribution is 0.102. The Morgan fingerprint density at radius 3 is 2.23 bits per heavy atom. The summed E-state index contributed by atoms with van der Waals surface area (Å²) in [7, 11) is 3.96. The van der Waals surface area contributed by atoms with Crippen LogP contribution in [-0.4, -0.2) is 36.2 Å². The van der Waals surface area contributed by atoms with E-state index in [1.54, 1.807) is 6.07 Å². The van der Waals surface area contributed by atoms with Gasteiger partial charge < -0.3 is 15.5 Å². The largest absolute Gasteiger partial charge is 0.378 e. The maximum atomic E-state index is 12.3. The van der Waals surface area contributed by atoms with Gasteiger partial charge in [0.05, 0.1) is 0 Å². The molecule has 0 aliphatic heterocycles. The highest BCUT2D eigenvalue weighted by Gasteiger charge is 2.14. The van der Waals surface area contributed by atoms with Crippen LogP contribution in [0.25, 0.3) is 0 Å². The zero-order chi connectivity index (χ0) is 18.4. The van der Waals surface area contributed by atoms with Gasteiger partial charge in [-0.3, -0.25) is 4.79 Å². The molecule has 0 radical (unpaired) electrons. The van der Waals surface area contributed by atoms with E-state index in [-0.39, 0.29) is 5.91 Å². The molecule has 0 spiro atoms. The zero-order valence-electron chi connectivity index (χ0n) is 15.5. The van der Waals surface area contributed by atoms with Crippen LogP contribution in [0.1, 0.15) is 49.0 Å². The van der Waals surface area contributed by atoms with E-state index in [2.05, 4.69) is 20.8 Å². The van der Waals surface area contributed by atoms with Gasteiger partial charge in [0, 0.05) is 31.5 Å². The molecule has 138 valence electrons. The number of carbonyl (C=O) groups is 1. The topological polar surface area (TPSA) is 70.2 Å². The van der Waals surface area contributed by atoms with Crippen molar-refractivity contribution in [3.63, 3.8) is 0 Å². The quantitative estimate of drug-likeness (QED) is 0.797. The highest BCUT2D eigenvalue weighted by Crippen LogP contribution is 2.20. The van der Waals surface area contributed by atoms with E-state index in [0.717, 1.165) is 17.2 Å². The van der Waals surface area contributed by atoms with Gasteiger partial charge in [-0.2, -0.15) is 0 Å². The highest BCUT2D eigenvalue weighted by molar-refractivity contribution is 6.02. The molecule has 1 aromatic carbocycles. The SMILES string of the molecule is CN(C)c1ccc(NC(=O)c2ccc(NC3CCCCCC3)nn2)cc1. The second-order valence-electron chi connectivity index (χ2n) is 7.03. The summed E-state index contributed by atoms with van der Waals surface area (Å²) in [4.78, 5) is 14.3. The summed E-state index contributed by atoms with van der Waals surface area (Å²) >= 11 is 0. The average Bonchev–Trinajstić information content (AvgIpc) is 2.91. The Balaban J connectivity index is 1.57. The van der Waals surface area contributed by atoms with Gasteiger partial charge in [0.15, 0.2) is 5.69 Å². The number of aromatic nitrogens is 2. The molecule has 2 aromatic rings. The Morgan fingerprint density at radius 2 is 1.65 bits per heavy atom. The van der Waals surface area contributed by atoms with Gasteiger partial charge in [-0.05, 0) is 49.2 Å². The number of amides is 1. The van der Waals surface area contributed by atoms with Crippen LogP contribution >= 0.6 is 0 Å². The van der Waals surface area contributed by atoms with Gasteiger partial charge in [0.25, 0.3) is 5.91 Å². The van der Waals surface area contributed by atoms with Crippen molar-refractivity contribution >= 4 is 23.1 Å². The molecule has 1 amide bonds. The van der Waals surface area contributed by atoms with Crippen molar-refractivity contribution in [1.29, 1.82) is 0 Å². The second kappa shape index (κ2) is 8.65. The van der Waals surface area contributed by atoms with Gasteiger partial charge >= 0.3 is 0 Å². The van der Waals surface area contributed by atoms with Crippen LogP contribution < -0.4 is 15.5 Å². The number of nitrogens with one attached hydrogen (secondary N) is 2. The predicted octanol–water partition coefficient (Wildman–Crippen LogP) is 3.93. The van der Waals surface area contributed by atoms with Gasteiger partial charge in [-0.1, -0.05) is 25.7 Å². The van der Waals surface area contributed by atoms with E-state index >= 15 is 0 Å². The normalized spacial score (nSPS) is 15.2. The number of hydrogen-bond donors (Lipinski definition) is 2. The number of carbonyl (C=O) groups excluding carboxylic acids is 1. The minimum atomic E-state index is -0.254. The molecule has 3 rings (SSSR count). The summed E-state index contributed by atoms with van der Waals surface area (Å²) < 4.78 is 0. The molecule has 1 fully saturated rings. The lowest BCUT2D eigenvalue weighted by Crippen LogP contribution is -2.20. The molecule has 26 heavy (non-hydrogen) atoms. The van der Waals surface area contributed by atoms with E-state index in [9.17, 15) is 4.79 Å². The molecule has 0 atom stereocenters. The number of anilines is 3. The minimum absolute atomic E-state index is 0.254. The van der Waals surface area contributed by atoms with Gasteiger partial charge in [-0.25, -0.2) is 0 Å². The maximum Gasteiger partial charge on any atom is 0.276 e. The molecule has 1 heterocycles. The molecule has 0 unspecified atom stereocenters. The molecule has 1 aromatic heterocycles. The number of hydrogen-bond acceptors (Lipinski definition) is 5. The van der Waals surface area contributed by atoms with Crippen molar-refractivity contribution in [2.75, 3.05) is 29.6 Å². The standard InChI is InChI=1S/C20H27N5O/c1-25(2)17-11-9-16(10-12-17)22-20(26)18-13-14-19(24-23-18)21-15-7-5-3-4-6-8-15/h9-15H,3-8H2,1-2H3,(H,21,24)(H,22,26). The molecule has 2 N–H and O–H groups in total. The van der Waals surface area contributed by atoms with Crippen LogP contribution in [0.3, 0.4) is 0 Å². The summed E-state index contributed by atoms with van der Waals surface area (Å²) in [5.74, 6) is 0.486. The highest BCUT2D eigenvalue weighted by atomic mass is 16.1. The van der Waals surface area contributed by atoms with E-state index in [1.165, 1.54) is 38.5 Å². The van der Waals surface area contributed by atoms with Crippen LogP contribution in [0.5, 0.6) is 0 Å². The van der Waals surface area contributed by atoms with Crippen LogP contribution in [0.15, 0.2) is 36.4 Å². The van der Waals surface area contributed by atoms with Crippen molar-refractivity contribution in [2.24, 2.45) is 0 Å². The summed E-state index contributed by atoms with van der Waals surface area (Å²) in [5, 5.41) is 14.5. The summed E-state index contributed by atoms with van der Waals surface area (Å²) in [6.07, 6.45) is 7.51. The first kappa shape index (κ1) is 18.2. The Bertz CT molecular complexity index is 704. The lowest BCUT2D eigenvalue weighted by atomic mass is 10.1. The first-order valence-corrected chi connectivity index (χ1v) is 9.31. The van der Waals surface area contributed by atoms with Crippen LogP contribution in [0, 0.1) is 0 Å². The molecule has 6 nitrogen and oxygen atoms in total. The third kappa shape index (κ3) is 4.94. The van der Waals surface area contributed by atoms with Crippen LogP contribution in [0.2, 0.25) is 0 Å². The number of benzene rings is 1. The average molecular weight is 353 g/mol. The van der Waals surface area contributed by atoms with Crippen molar-refractivity contribution < 1.29 is 4.79 Å². The molecule has 0 bridgehead atoms. The van der Waals surface area contributed by atoms with E-state index in [1.807, 2.05) is 49.3 Å². The van der Waals surface area contributed by atoms with E-state index in [0.29, 0.717) is 11.7 Å². The smallest absolute Gasteiger partial charge is 0.276 e. The minimum Gasteiger partial charge on any atom is -0.378 e. The zero-order valence-corrected chi connectivity index (χ0v) is 15.5. The van der Waals surface area contributed by atoms with Gasteiger partial charge in [0.1, 0.15) is 5.82 Å². The monoisotopic (exact) mass is 353 g/mol. The van der Waals surface area contributed by atoms with Gasteiger partial charge in [-0.15, -0.1) is 10.2 Å². The first-order valence-electron chi connectivity index (χ1n) is 9.31. The van der Waals surface area contributed by atoms with Gasteiger partial charge in [0.2, 0.25) is 0 Å². The lowest BCUT2D eigenvalue weighted by Gasteiger charge is -2.16. The molecule has 0 saturated heterocycles. The fourth-order valence-corrected chi connectivity index (χ4v) is 3.20. The molecule has 6 heteroatoms. The fourth-order valence-electron chi connectivity index (χ4n) is 3.20. The van der Waals surface area contributed by atoms with Crippen LogP contribution in [0.4, 0.5) is 17.2 Å². The molecule has 1 saturated carbocycles.